The van der Waals surface area contributed by atoms with Crippen molar-refractivity contribution in [3.8, 4) is 5.69 Å². The molecular weight excluding hydrogens is 469 g/mol. The van der Waals surface area contributed by atoms with Gasteiger partial charge >= 0.3 is 6.18 Å². The van der Waals surface area contributed by atoms with E-state index >= 15 is 0 Å². The maximum absolute atomic E-state index is 13.8. The topological polar surface area (TPSA) is 76.9 Å². The van der Waals surface area contributed by atoms with Crippen LogP contribution in [-0.4, -0.2) is 20.4 Å². The Morgan fingerprint density at radius 1 is 0.972 bits per heavy atom. The molecule has 5 rings (SSSR count). The van der Waals surface area contributed by atoms with Crippen LogP contribution in [0.4, 0.5) is 13.2 Å². The molecular formula is C27H19F3N4O2. The van der Waals surface area contributed by atoms with E-state index < -0.39 is 34.6 Å². The molecule has 0 spiro atoms. The van der Waals surface area contributed by atoms with Gasteiger partial charge in [0.25, 0.3) is 11.5 Å². The summed E-state index contributed by atoms with van der Waals surface area (Å²) in [6.45, 7) is 1.66. The zero-order valence-electron chi connectivity index (χ0n) is 19.0. The number of amides is 1. The molecule has 3 heterocycles. The molecule has 0 unspecified atom stereocenters. The highest BCUT2D eigenvalue weighted by Crippen LogP contribution is 2.34. The summed E-state index contributed by atoms with van der Waals surface area (Å²) in [6, 6.07) is 16.2. The molecule has 0 radical (unpaired) electrons. The van der Waals surface area contributed by atoms with Gasteiger partial charge in [0.05, 0.1) is 28.1 Å². The largest absolute Gasteiger partial charge is 0.417 e. The van der Waals surface area contributed by atoms with Crippen LogP contribution in [-0.2, 0) is 6.18 Å². The maximum Gasteiger partial charge on any atom is 0.417 e. The fourth-order valence-electron chi connectivity index (χ4n) is 4.30. The van der Waals surface area contributed by atoms with Crippen molar-refractivity contribution in [3.05, 3.63) is 112 Å². The van der Waals surface area contributed by atoms with E-state index in [1.165, 1.54) is 29.0 Å². The van der Waals surface area contributed by atoms with Crippen LogP contribution in [0.2, 0.25) is 0 Å². The minimum atomic E-state index is -4.71. The summed E-state index contributed by atoms with van der Waals surface area (Å²) in [5, 5.41) is 3.23. The molecule has 1 atom stereocenters. The number of hydrogen-bond acceptors (Lipinski definition) is 4. The molecule has 6 nitrogen and oxygen atoms in total. The first-order chi connectivity index (χ1) is 17.3. The van der Waals surface area contributed by atoms with Crippen LogP contribution >= 0.6 is 0 Å². The Balaban J connectivity index is 1.67. The molecule has 0 aliphatic carbocycles. The third kappa shape index (κ3) is 4.08. The van der Waals surface area contributed by atoms with Crippen molar-refractivity contribution >= 4 is 27.6 Å². The number of nitrogens with one attached hydrogen (secondary N) is 1. The van der Waals surface area contributed by atoms with Gasteiger partial charge < -0.3 is 5.32 Å². The predicted octanol–water partition coefficient (Wildman–Crippen LogP) is 5.44. The lowest BCUT2D eigenvalue weighted by Gasteiger charge is -2.22. The molecule has 0 saturated heterocycles. The Bertz CT molecular complexity index is 1660. The van der Waals surface area contributed by atoms with Crippen molar-refractivity contribution in [3.63, 3.8) is 0 Å². The van der Waals surface area contributed by atoms with E-state index in [-0.39, 0.29) is 10.9 Å². The molecule has 0 bridgehead atoms. The van der Waals surface area contributed by atoms with Gasteiger partial charge in [0.2, 0.25) is 0 Å². The second-order valence-corrected chi connectivity index (χ2v) is 8.27. The first kappa shape index (κ1) is 23.2. The van der Waals surface area contributed by atoms with E-state index in [0.29, 0.717) is 22.3 Å². The zero-order chi connectivity index (χ0) is 25.4. The molecule has 0 aliphatic rings. The third-order valence-electron chi connectivity index (χ3n) is 5.94. The van der Waals surface area contributed by atoms with E-state index in [4.69, 9.17) is 0 Å². The van der Waals surface area contributed by atoms with Crippen molar-refractivity contribution in [2.45, 2.75) is 19.1 Å². The van der Waals surface area contributed by atoms with E-state index in [2.05, 4.69) is 15.3 Å². The minimum Gasteiger partial charge on any atom is -0.344 e. The second-order valence-electron chi connectivity index (χ2n) is 8.27. The van der Waals surface area contributed by atoms with Crippen molar-refractivity contribution in [1.82, 2.24) is 19.9 Å². The molecule has 36 heavy (non-hydrogen) atoms. The molecule has 180 valence electrons. The van der Waals surface area contributed by atoms with Crippen molar-refractivity contribution in [1.29, 1.82) is 0 Å². The van der Waals surface area contributed by atoms with Gasteiger partial charge in [0.1, 0.15) is 0 Å². The number of nitrogens with zero attached hydrogens (tertiary/aromatic N) is 3. The fraction of sp³-hybridized carbons (Fsp3) is 0.111. The van der Waals surface area contributed by atoms with Gasteiger partial charge in [-0.05, 0) is 48.7 Å². The van der Waals surface area contributed by atoms with Crippen molar-refractivity contribution in [2.24, 2.45) is 0 Å². The van der Waals surface area contributed by atoms with Crippen LogP contribution in [0.3, 0.4) is 0 Å². The zero-order valence-corrected chi connectivity index (χ0v) is 19.0. The van der Waals surface area contributed by atoms with Crippen LogP contribution in [0.5, 0.6) is 0 Å². The highest BCUT2D eigenvalue weighted by Gasteiger charge is 2.34. The highest BCUT2D eigenvalue weighted by molar-refractivity contribution is 6.05. The quantitative estimate of drug-likeness (QED) is 0.365. The number of aromatic nitrogens is 3. The molecule has 5 aromatic rings. The predicted molar refractivity (Wildman–Crippen MR) is 130 cm³/mol. The molecule has 9 heteroatoms. The number of alkyl halides is 3. The van der Waals surface area contributed by atoms with Gasteiger partial charge in [-0.2, -0.15) is 13.2 Å². The number of pyridine rings is 3. The standard InChI is InChI=1S/C27H19F3N4O2/c1-16(33-25(35)20-15-31-14-18-8-6-12-32-24(18)20)22-13-17-7-5-11-21(27(28,29)30)23(17)26(36)34(22)19-9-3-2-4-10-19/h2-16H,1H3,(H,33,35)/t16-/m0/s1. The first-order valence-corrected chi connectivity index (χ1v) is 11.1. The summed E-state index contributed by atoms with van der Waals surface area (Å²) in [4.78, 5) is 35.2. The summed E-state index contributed by atoms with van der Waals surface area (Å²) in [7, 11) is 0. The van der Waals surface area contributed by atoms with E-state index in [9.17, 15) is 22.8 Å². The number of fused-ring (bicyclic) bond motifs is 2. The van der Waals surface area contributed by atoms with Crippen LogP contribution in [0.15, 0.2) is 90.1 Å². The normalized spacial score (nSPS) is 12.6. The molecule has 1 amide bonds. The van der Waals surface area contributed by atoms with Crippen LogP contribution < -0.4 is 10.9 Å². The summed E-state index contributed by atoms with van der Waals surface area (Å²) in [6.07, 6.45) is -0.144. The summed E-state index contributed by atoms with van der Waals surface area (Å²) < 4.78 is 42.5. The van der Waals surface area contributed by atoms with E-state index in [0.717, 1.165) is 6.07 Å². The van der Waals surface area contributed by atoms with Crippen LogP contribution in [0.25, 0.3) is 27.4 Å². The van der Waals surface area contributed by atoms with Gasteiger partial charge in [-0.1, -0.05) is 30.3 Å². The Labute approximate surface area is 203 Å². The molecule has 0 fully saturated rings. The number of rotatable bonds is 4. The van der Waals surface area contributed by atoms with Crippen molar-refractivity contribution in [2.75, 3.05) is 0 Å². The summed E-state index contributed by atoms with van der Waals surface area (Å²) in [5.74, 6) is -0.476. The first-order valence-electron chi connectivity index (χ1n) is 11.1. The number of para-hydroxylation sites is 1. The lowest BCUT2D eigenvalue weighted by Crippen LogP contribution is -2.32. The van der Waals surface area contributed by atoms with E-state index in [1.807, 2.05) is 0 Å². The van der Waals surface area contributed by atoms with Gasteiger partial charge in [-0.25, -0.2) is 0 Å². The van der Waals surface area contributed by atoms with Gasteiger partial charge in [0, 0.05) is 35.4 Å². The highest BCUT2D eigenvalue weighted by atomic mass is 19.4. The number of halogens is 3. The lowest BCUT2D eigenvalue weighted by molar-refractivity contribution is -0.136. The third-order valence-corrected chi connectivity index (χ3v) is 5.94. The maximum atomic E-state index is 13.8. The molecule has 2 aromatic carbocycles. The number of hydrogen-bond donors (Lipinski definition) is 1. The molecule has 3 aromatic heterocycles. The smallest absolute Gasteiger partial charge is 0.344 e. The van der Waals surface area contributed by atoms with Crippen molar-refractivity contribution < 1.29 is 18.0 Å². The minimum absolute atomic E-state index is 0.131. The molecule has 1 N–H and O–H groups in total. The number of carbonyl (C=O) groups excluding carboxylic acids is 1. The van der Waals surface area contributed by atoms with Gasteiger partial charge in [-0.3, -0.25) is 24.1 Å². The Hall–Kier alpha value is -4.53. The van der Waals surface area contributed by atoms with Crippen LogP contribution in [0.1, 0.15) is 34.6 Å². The van der Waals surface area contributed by atoms with E-state index in [1.54, 1.807) is 61.8 Å². The average molecular weight is 488 g/mol. The average Bonchev–Trinajstić information content (AvgIpc) is 2.87. The lowest BCUT2D eigenvalue weighted by atomic mass is 10.0. The Morgan fingerprint density at radius 2 is 1.72 bits per heavy atom. The number of carbonyl (C=O) groups is 1. The monoisotopic (exact) mass is 488 g/mol. The Kier molecular flexibility index (Phi) is 5.75. The molecule has 0 aliphatic heterocycles. The number of benzene rings is 2. The van der Waals surface area contributed by atoms with Gasteiger partial charge in [-0.15, -0.1) is 0 Å². The fourth-order valence-corrected chi connectivity index (χ4v) is 4.30. The summed E-state index contributed by atoms with van der Waals surface area (Å²) in [5.41, 5.74) is -0.416. The second kappa shape index (κ2) is 8.92. The van der Waals surface area contributed by atoms with Gasteiger partial charge in [0.15, 0.2) is 0 Å². The SMILES string of the molecule is C[C@H](NC(=O)c1cncc2cccnc12)c1cc2cccc(C(F)(F)F)c2c(=O)n1-c1ccccc1. The molecule has 0 saturated carbocycles. The van der Waals surface area contributed by atoms with Crippen LogP contribution in [0, 0.1) is 0 Å². The summed E-state index contributed by atoms with van der Waals surface area (Å²) >= 11 is 0. The Morgan fingerprint density at radius 3 is 2.47 bits per heavy atom.